The van der Waals surface area contributed by atoms with Crippen molar-refractivity contribution in [1.82, 2.24) is 15.0 Å². The van der Waals surface area contributed by atoms with Gasteiger partial charge in [-0.25, -0.2) is 23.7 Å². The SMILES string of the molecule is Cc1ncc(C)c(NCc2cccnc2Oc2ccc(F)c(F)c2)n1. The van der Waals surface area contributed by atoms with Crippen molar-refractivity contribution in [3.63, 3.8) is 0 Å². The number of aromatic nitrogens is 3. The summed E-state index contributed by atoms with van der Waals surface area (Å²) >= 11 is 0. The Hall–Kier alpha value is -3.09. The minimum Gasteiger partial charge on any atom is -0.439 e. The monoisotopic (exact) mass is 342 g/mol. The maximum Gasteiger partial charge on any atom is 0.224 e. The number of hydrogen-bond donors (Lipinski definition) is 1. The Morgan fingerprint density at radius 1 is 1.08 bits per heavy atom. The Morgan fingerprint density at radius 3 is 2.72 bits per heavy atom. The molecule has 1 N–H and O–H groups in total. The summed E-state index contributed by atoms with van der Waals surface area (Å²) in [6.45, 7) is 4.13. The molecule has 0 saturated heterocycles. The van der Waals surface area contributed by atoms with Crippen LogP contribution in [0.3, 0.4) is 0 Å². The van der Waals surface area contributed by atoms with E-state index in [1.165, 1.54) is 6.07 Å². The van der Waals surface area contributed by atoms with Crippen LogP contribution >= 0.6 is 0 Å². The van der Waals surface area contributed by atoms with Gasteiger partial charge in [-0.2, -0.15) is 0 Å². The van der Waals surface area contributed by atoms with Crippen LogP contribution in [0.1, 0.15) is 17.0 Å². The van der Waals surface area contributed by atoms with Gasteiger partial charge in [-0.05, 0) is 32.0 Å². The molecule has 0 unspecified atom stereocenters. The second-order valence-corrected chi connectivity index (χ2v) is 5.45. The van der Waals surface area contributed by atoms with E-state index in [0.717, 1.165) is 29.1 Å². The first-order valence-electron chi connectivity index (χ1n) is 7.64. The number of nitrogens with zero attached hydrogens (tertiary/aromatic N) is 3. The molecule has 2 heterocycles. The first kappa shape index (κ1) is 16.8. The number of pyridine rings is 1. The molecule has 0 saturated carbocycles. The van der Waals surface area contributed by atoms with Crippen molar-refractivity contribution >= 4 is 5.82 Å². The summed E-state index contributed by atoms with van der Waals surface area (Å²) in [4.78, 5) is 12.6. The van der Waals surface area contributed by atoms with E-state index in [9.17, 15) is 8.78 Å². The Balaban J connectivity index is 1.78. The van der Waals surface area contributed by atoms with Gasteiger partial charge in [0.1, 0.15) is 17.4 Å². The predicted octanol–water partition coefficient (Wildman–Crippen LogP) is 4.17. The van der Waals surface area contributed by atoms with Gasteiger partial charge in [-0.1, -0.05) is 6.07 Å². The third kappa shape index (κ3) is 4.06. The summed E-state index contributed by atoms with van der Waals surface area (Å²) in [6, 6.07) is 6.95. The van der Waals surface area contributed by atoms with Gasteiger partial charge in [0.25, 0.3) is 0 Å². The molecule has 0 aliphatic heterocycles. The van der Waals surface area contributed by atoms with Crippen LogP contribution in [-0.2, 0) is 6.54 Å². The average molecular weight is 342 g/mol. The van der Waals surface area contributed by atoms with E-state index < -0.39 is 11.6 Å². The van der Waals surface area contributed by atoms with Gasteiger partial charge in [0.2, 0.25) is 5.88 Å². The largest absolute Gasteiger partial charge is 0.439 e. The fourth-order valence-corrected chi connectivity index (χ4v) is 2.19. The third-order valence-corrected chi connectivity index (χ3v) is 3.49. The van der Waals surface area contributed by atoms with E-state index in [4.69, 9.17) is 4.74 Å². The highest BCUT2D eigenvalue weighted by Gasteiger charge is 2.10. The normalized spacial score (nSPS) is 10.6. The summed E-state index contributed by atoms with van der Waals surface area (Å²) in [5.74, 6) is -0.0323. The van der Waals surface area contributed by atoms with Crippen LogP contribution in [0.15, 0.2) is 42.7 Å². The molecule has 5 nitrogen and oxygen atoms in total. The summed E-state index contributed by atoms with van der Waals surface area (Å²) in [5.41, 5.74) is 1.67. The van der Waals surface area contributed by atoms with Gasteiger partial charge in [0.05, 0.1) is 0 Å². The van der Waals surface area contributed by atoms with E-state index in [2.05, 4.69) is 20.3 Å². The van der Waals surface area contributed by atoms with Crippen molar-refractivity contribution < 1.29 is 13.5 Å². The minimum atomic E-state index is -0.972. The summed E-state index contributed by atoms with van der Waals surface area (Å²) in [5, 5.41) is 3.21. The third-order valence-electron chi connectivity index (χ3n) is 3.49. The number of nitrogens with one attached hydrogen (secondary N) is 1. The number of hydrogen-bond acceptors (Lipinski definition) is 5. The smallest absolute Gasteiger partial charge is 0.224 e. The molecule has 0 fully saturated rings. The number of ether oxygens (including phenoxy) is 1. The highest BCUT2D eigenvalue weighted by Crippen LogP contribution is 2.25. The number of halogens is 2. The maximum atomic E-state index is 13.3. The van der Waals surface area contributed by atoms with Gasteiger partial charge >= 0.3 is 0 Å². The molecule has 2 aromatic heterocycles. The zero-order valence-corrected chi connectivity index (χ0v) is 13.8. The van der Waals surface area contributed by atoms with Gasteiger partial charge in [0.15, 0.2) is 11.6 Å². The lowest BCUT2D eigenvalue weighted by molar-refractivity contribution is 0.443. The average Bonchev–Trinajstić information content (AvgIpc) is 2.60. The van der Waals surface area contributed by atoms with E-state index in [0.29, 0.717) is 18.2 Å². The highest BCUT2D eigenvalue weighted by molar-refractivity contribution is 5.44. The standard InChI is InChI=1S/C18H16F2N4O/c1-11-9-22-12(2)24-17(11)23-10-13-4-3-7-21-18(13)25-14-5-6-15(19)16(20)8-14/h3-9H,10H2,1-2H3,(H,22,23,24). The van der Waals surface area contributed by atoms with Crippen LogP contribution in [0.25, 0.3) is 0 Å². The van der Waals surface area contributed by atoms with Crippen molar-refractivity contribution in [2.75, 3.05) is 5.32 Å². The maximum absolute atomic E-state index is 13.3. The first-order chi connectivity index (χ1) is 12.0. The molecule has 7 heteroatoms. The summed E-state index contributed by atoms with van der Waals surface area (Å²) in [7, 11) is 0. The number of aryl methyl sites for hydroxylation is 2. The molecule has 0 radical (unpaired) electrons. The first-order valence-corrected chi connectivity index (χ1v) is 7.64. The zero-order valence-electron chi connectivity index (χ0n) is 13.8. The summed E-state index contributed by atoms with van der Waals surface area (Å²) in [6.07, 6.45) is 3.31. The predicted molar refractivity (Wildman–Crippen MR) is 89.5 cm³/mol. The van der Waals surface area contributed by atoms with Crippen LogP contribution in [0.4, 0.5) is 14.6 Å². The van der Waals surface area contributed by atoms with Crippen LogP contribution in [0, 0.1) is 25.5 Å². The molecule has 0 aliphatic carbocycles. The fraction of sp³-hybridized carbons (Fsp3) is 0.167. The molecular weight excluding hydrogens is 326 g/mol. The molecule has 0 aliphatic rings. The minimum absolute atomic E-state index is 0.174. The van der Waals surface area contributed by atoms with Crippen molar-refractivity contribution in [3.05, 3.63) is 71.3 Å². The van der Waals surface area contributed by atoms with Crippen molar-refractivity contribution in [1.29, 1.82) is 0 Å². The van der Waals surface area contributed by atoms with E-state index >= 15 is 0 Å². The van der Waals surface area contributed by atoms with E-state index in [1.807, 2.05) is 19.9 Å². The molecule has 0 spiro atoms. The lowest BCUT2D eigenvalue weighted by atomic mass is 10.2. The second-order valence-electron chi connectivity index (χ2n) is 5.45. The molecule has 1 aromatic carbocycles. The topological polar surface area (TPSA) is 59.9 Å². The Labute approximate surface area is 143 Å². The van der Waals surface area contributed by atoms with Crippen LogP contribution in [-0.4, -0.2) is 15.0 Å². The number of anilines is 1. The molecular formula is C18H16F2N4O. The Morgan fingerprint density at radius 2 is 1.92 bits per heavy atom. The molecule has 3 rings (SSSR count). The number of rotatable bonds is 5. The van der Waals surface area contributed by atoms with E-state index in [-0.39, 0.29) is 5.75 Å². The fourth-order valence-electron chi connectivity index (χ4n) is 2.19. The Kier molecular flexibility index (Phi) is 4.83. The van der Waals surface area contributed by atoms with Crippen LogP contribution in [0.2, 0.25) is 0 Å². The van der Waals surface area contributed by atoms with E-state index in [1.54, 1.807) is 18.5 Å². The number of benzene rings is 1. The molecule has 128 valence electrons. The van der Waals surface area contributed by atoms with Crippen LogP contribution in [0.5, 0.6) is 11.6 Å². The van der Waals surface area contributed by atoms with Crippen molar-refractivity contribution in [3.8, 4) is 11.6 Å². The molecule has 3 aromatic rings. The van der Waals surface area contributed by atoms with Gasteiger partial charge in [-0.15, -0.1) is 0 Å². The molecule has 0 amide bonds. The van der Waals surface area contributed by atoms with Gasteiger partial charge in [-0.3, -0.25) is 0 Å². The highest BCUT2D eigenvalue weighted by atomic mass is 19.2. The lowest BCUT2D eigenvalue weighted by Gasteiger charge is -2.12. The van der Waals surface area contributed by atoms with Crippen LogP contribution < -0.4 is 10.1 Å². The van der Waals surface area contributed by atoms with Gasteiger partial charge < -0.3 is 10.1 Å². The molecule has 0 atom stereocenters. The zero-order chi connectivity index (χ0) is 17.8. The lowest BCUT2D eigenvalue weighted by Crippen LogP contribution is -2.06. The summed E-state index contributed by atoms with van der Waals surface area (Å²) < 4.78 is 32.0. The van der Waals surface area contributed by atoms with Crippen molar-refractivity contribution in [2.45, 2.75) is 20.4 Å². The quantitative estimate of drug-likeness (QED) is 0.754. The van der Waals surface area contributed by atoms with Gasteiger partial charge in [0, 0.05) is 36.1 Å². The van der Waals surface area contributed by atoms with Crippen molar-refractivity contribution in [2.24, 2.45) is 0 Å². The molecule has 25 heavy (non-hydrogen) atoms. The second kappa shape index (κ2) is 7.21. The molecule has 0 bridgehead atoms. The Bertz CT molecular complexity index is 902.